The molecule has 39 heavy (non-hydrogen) atoms. The Balaban J connectivity index is 1.59. The molecule has 3 atom stereocenters. The van der Waals surface area contributed by atoms with Gasteiger partial charge in [-0.25, -0.2) is 0 Å². The van der Waals surface area contributed by atoms with Crippen LogP contribution in [-0.4, -0.2) is 17.4 Å². The van der Waals surface area contributed by atoms with Crippen LogP contribution in [0.5, 0.6) is 0 Å². The Kier molecular flexibility index (Phi) is 7.40. The molecule has 1 N–H and O–H groups in total. The van der Waals surface area contributed by atoms with Crippen molar-refractivity contribution in [3.05, 3.63) is 111 Å². The van der Waals surface area contributed by atoms with Gasteiger partial charge in [0, 0.05) is 39.4 Å². The summed E-state index contributed by atoms with van der Waals surface area (Å²) in [4.78, 5) is 32.1. The highest BCUT2D eigenvalue weighted by atomic mass is 35.5. The van der Waals surface area contributed by atoms with Crippen molar-refractivity contribution in [2.75, 3.05) is 5.32 Å². The molecule has 0 aromatic heterocycles. The summed E-state index contributed by atoms with van der Waals surface area (Å²) < 4.78 is 40.9. The van der Waals surface area contributed by atoms with Gasteiger partial charge < -0.3 is 5.32 Å². The largest absolute Gasteiger partial charge is 0.418 e. The highest BCUT2D eigenvalue weighted by Crippen LogP contribution is 2.48. The number of anilines is 1. The summed E-state index contributed by atoms with van der Waals surface area (Å²) >= 11 is 12.7. The van der Waals surface area contributed by atoms with Gasteiger partial charge in [0.15, 0.2) is 5.78 Å². The molecule has 0 radical (unpaired) electrons. The first kappa shape index (κ1) is 27.2. The zero-order valence-corrected chi connectivity index (χ0v) is 22.2. The highest BCUT2D eigenvalue weighted by Gasteiger charge is 2.45. The fraction of sp³-hybridized carbons (Fsp3) is 0.233. The van der Waals surface area contributed by atoms with E-state index in [0.717, 1.165) is 11.6 Å². The molecule has 3 aromatic carbocycles. The van der Waals surface area contributed by atoms with Crippen molar-refractivity contribution in [1.82, 2.24) is 0 Å². The average Bonchev–Trinajstić information content (AvgIpc) is 2.88. The van der Waals surface area contributed by atoms with Gasteiger partial charge in [0.25, 0.3) is 0 Å². The van der Waals surface area contributed by atoms with Crippen molar-refractivity contribution < 1.29 is 22.8 Å². The molecule has 4 nitrogen and oxygen atoms in total. The number of allylic oxidation sites excluding steroid dienone is 2. The smallest absolute Gasteiger partial charge is 0.325 e. The molecule has 0 saturated carbocycles. The minimum atomic E-state index is -4.67. The number of amides is 1. The lowest BCUT2D eigenvalue weighted by Crippen LogP contribution is -2.40. The number of benzene rings is 3. The maximum atomic E-state index is 13.7. The summed E-state index contributed by atoms with van der Waals surface area (Å²) in [6.07, 6.45) is -3.97. The average molecular weight is 571 g/mol. The summed E-state index contributed by atoms with van der Waals surface area (Å²) in [6.45, 7) is 1.65. The minimum absolute atomic E-state index is 0.0839. The first-order valence-corrected chi connectivity index (χ1v) is 13.1. The van der Waals surface area contributed by atoms with E-state index in [0.29, 0.717) is 34.0 Å². The minimum Gasteiger partial charge on any atom is -0.325 e. The molecular formula is C30H23Cl2F3N2O2. The number of carbonyl (C=O) groups is 2. The van der Waals surface area contributed by atoms with Crippen molar-refractivity contribution in [3.63, 3.8) is 0 Å². The van der Waals surface area contributed by atoms with E-state index in [9.17, 15) is 22.8 Å². The van der Waals surface area contributed by atoms with E-state index >= 15 is 0 Å². The van der Waals surface area contributed by atoms with Crippen LogP contribution in [0.2, 0.25) is 10.0 Å². The Morgan fingerprint density at radius 1 is 0.974 bits per heavy atom. The zero-order chi connectivity index (χ0) is 27.9. The first-order chi connectivity index (χ1) is 18.5. The summed E-state index contributed by atoms with van der Waals surface area (Å²) in [7, 11) is 0. The Labute approximate surface area is 233 Å². The summed E-state index contributed by atoms with van der Waals surface area (Å²) in [5.74, 6) is -2.88. The number of carbonyl (C=O) groups excluding carboxylic acids is 2. The van der Waals surface area contributed by atoms with E-state index < -0.39 is 29.5 Å². The topological polar surface area (TPSA) is 58.5 Å². The SMILES string of the molecule is CC1=NC2=C(C(=O)C[C@@H](c3ccccc3)C2)[C@@H](c2ccc(Cl)cc2Cl)C1C(=O)Nc1ccccc1C(F)(F)F. The van der Waals surface area contributed by atoms with Crippen molar-refractivity contribution in [2.24, 2.45) is 10.9 Å². The molecule has 200 valence electrons. The maximum absolute atomic E-state index is 13.7. The van der Waals surface area contributed by atoms with Gasteiger partial charge in [-0.05, 0) is 54.7 Å². The summed E-state index contributed by atoms with van der Waals surface area (Å²) in [5.41, 5.74) is 1.46. The summed E-state index contributed by atoms with van der Waals surface area (Å²) in [6, 6.07) is 19.2. The van der Waals surface area contributed by atoms with Gasteiger partial charge in [-0.15, -0.1) is 0 Å². The van der Waals surface area contributed by atoms with Gasteiger partial charge >= 0.3 is 6.18 Å². The number of aliphatic imine (C=N–C) groups is 1. The third-order valence-corrected chi connectivity index (χ3v) is 7.79. The second kappa shape index (κ2) is 10.6. The van der Waals surface area contributed by atoms with Crippen LogP contribution in [0, 0.1) is 5.92 Å². The van der Waals surface area contributed by atoms with Crippen LogP contribution in [0.4, 0.5) is 18.9 Å². The molecule has 0 fully saturated rings. The molecule has 0 bridgehead atoms. The van der Waals surface area contributed by atoms with E-state index in [4.69, 9.17) is 28.2 Å². The number of halogens is 5. The number of alkyl halides is 3. The third kappa shape index (κ3) is 5.38. The molecule has 1 unspecified atom stereocenters. The van der Waals surface area contributed by atoms with Crippen LogP contribution in [0.25, 0.3) is 0 Å². The Morgan fingerprint density at radius 2 is 1.67 bits per heavy atom. The molecule has 1 aliphatic heterocycles. The van der Waals surface area contributed by atoms with E-state index in [2.05, 4.69) is 5.32 Å². The van der Waals surface area contributed by atoms with Crippen LogP contribution < -0.4 is 5.32 Å². The van der Waals surface area contributed by atoms with Gasteiger partial charge in [0.2, 0.25) is 5.91 Å². The van der Waals surface area contributed by atoms with E-state index in [1.807, 2.05) is 30.3 Å². The normalized spacial score (nSPS) is 21.3. The fourth-order valence-electron chi connectivity index (χ4n) is 5.50. The number of nitrogens with zero attached hydrogens (tertiary/aromatic N) is 1. The maximum Gasteiger partial charge on any atom is 0.418 e. The van der Waals surface area contributed by atoms with Crippen LogP contribution >= 0.6 is 23.2 Å². The Hall–Kier alpha value is -3.42. The molecule has 1 heterocycles. The van der Waals surface area contributed by atoms with Crippen molar-refractivity contribution in [2.45, 2.75) is 37.8 Å². The van der Waals surface area contributed by atoms with E-state index in [1.165, 1.54) is 24.3 Å². The quantitative estimate of drug-likeness (QED) is 0.343. The van der Waals surface area contributed by atoms with Crippen molar-refractivity contribution in [1.29, 1.82) is 0 Å². The molecule has 3 aromatic rings. The van der Waals surface area contributed by atoms with Crippen LogP contribution in [0.15, 0.2) is 89.1 Å². The lowest BCUT2D eigenvalue weighted by molar-refractivity contribution is -0.137. The summed E-state index contributed by atoms with van der Waals surface area (Å²) in [5, 5.41) is 3.07. The van der Waals surface area contributed by atoms with Gasteiger partial charge in [0.1, 0.15) is 0 Å². The number of hydrogen-bond donors (Lipinski definition) is 1. The van der Waals surface area contributed by atoms with Crippen LogP contribution in [-0.2, 0) is 15.8 Å². The van der Waals surface area contributed by atoms with E-state index in [1.54, 1.807) is 19.1 Å². The number of para-hydroxylation sites is 1. The van der Waals surface area contributed by atoms with Gasteiger partial charge in [0.05, 0.1) is 17.2 Å². The van der Waals surface area contributed by atoms with Crippen LogP contribution in [0.3, 0.4) is 0 Å². The lowest BCUT2D eigenvalue weighted by atomic mass is 9.69. The number of hydrogen-bond acceptors (Lipinski definition) is 3. The molecule has 0 spiro atoms. The molecule has 2 aliphatic rings. The fourth-order valence-corrected chi connectivity index (χ4v) is 6.03. The Bertz CT molecular complexity index is 1520. The van der Waals surface area contributed by atoms with E-state index in [-0.39, 0.29) is 28.8 Å². The van der Waals surface area contributed by atoms with Gasteiger partial charge in [-0.3, -0.25) is 14.6 Å². The molecule has 0 saturated heterocycles. The standard InChI is InChI=1S/C30H23Cl2F3N2O2/c1-16-26(29(39)37-23-10-6-5-9-21(23)30(33,34)35)27(20-12-11-19(31)15-22(20)32)28-24(36-16)13-18(14-25(28)38)17-7-3-2-4-8-17/h2-12,15,18,26-27H,13-14H2,1H3,(H,37,39)/t18-,26?,27-/m0/s1. The molecular weight excluding hydrogens is 548 g/mol. The first-order valence-electron chi connectivity index (χ1n) is 12.3. The van der Waals surface area contributed by atoms with Gasteiger partial charge in [-0.1, -0.05) is 71.7 Å². The number of nitrogens with one attached hydrogen (secondary N) is 1. The van der Waals surface area contributed by atoms with Crippen LogP contribution in [0.1, 0.15) is 48.3 Å². The van der Waals surface area contributed by atoms with Gasteiger partial charge in [-0.2, -0.15) is 13.2 Å². The molecule has 1 aliphatic carbocycles. The monoisotopic (exact) mass is 570 g/mol. The number of rotatable bonds is 4. The molecule has 9 heteroatoms. The predicted molar refractivity (Wildman–Crippen MR) is 146 cm³/mol. The van der Waals surface area contributed by atoms with Crippen molar-refractivity contribution >= 4 is 46.3 Å². The number of ketones is 1. The number of Topliss-reactive ketones (excluding diaryl/α,β-unsaturated/α-hetero) is 1. The second-order valence-electron chi connectivity index (χ2n) is 9.71. The third-order valence-electron chi connectivity index (χ3n) is 7.23. The lowest BCUT2D eigenvalue weighted by Gasteiger charge is -2.37. The molecule has 1 amide bonds. The second-order valence-corrected chi connectivity index (χ2v) is 10.5. The predicted octanol–water partition coefficient (Wildman–Crippen LogP) is 8.23. The molecule has 5 rings (SSSR count). The highest BCUT2D eigenvalue weighted by molar-refractivity contribution is 6.35. The Morgan fingerprint density at radius 3 is 2.36 bits per heavy atom. The van der Waals surface area contributed by atoms with Crippen molar-refractivity contribution in [3.8, 4) is 0 Å². The zero-order valence-electron chi connectivity index (χ0n) is 20.7.